The lowest BCUT2D eigenvalue weighted by Crippen LogP contribution is -2.38. The number of rotatable bonds is 5. The van der Waals surface area contributed by atoms with Crippen molar-refractivity contribution in [3.05, 3.63) is 59.7 Å². The molecular formula is C27H36N4. The Morgan fingerprint density at radius 3 is 2.52 bits per heavy atom. The van der Waals surface area contributed by atoms with Crippen LogP contribution in [0.15, 0.2) is 42.6 Å². The maximum atomic E-state index is 5.25. The monoisotopic (exact) mass is 416 g/mol. The van der Waals surface area contributed by atoms with Gasteiger partial charge in [-0.2, -0.15) is 0 Å². The molecule has 1 aromatic carbocycles. The Balaban J connectivity index is 1.54. The molecule has 2 aromatic heterocycles. The first kappa shape index (κ1) is 20.7. The van der Waals surface area contributed by atoms with E-state index < -0.39 is 0 Å². The minimum absolute atomic E-state index is 0.362. The van der Waals surface area contributed by atoms with E-state index in [1.807, 2.05) is 6.20 Å². The minimum Gasteiger partial charge on any atom is -0.326 e. The van der Waals surface area contributed by atoms with Gasteiger partial charge >= 0.3 is 0 Å². The predicted molar refractivity (Wildman–Crippen MR) is 127 cm³/mol. The number of pyridine rings is 1. The van der Waals surface area contributed by atoms with Gasteiger partial charge in [-0.15, -0.1) is 0 Å². The van der Waals surface area contributed by atoms with Gasteiger partial charge in [0.15, 0.2) is 0 Å². The average Bonchev–Trinajstić information content (AvgIpc) is 3.18. The molecular weight excluding hydrogens is 380 g/mol. The van der Waals surface area contributed by atoms with Gasteiger partial charge in [-0.25, -0.2) is 4.98 Å². The minimum atomic E-state index is 0.362. The lowest BCUT2D eigenvalue weighted by Gasteiger charge is -2.41. The SMILES string of the molecule is CCN1[C@@H](c2nc3ccccc3n2CC2CCCCC2)CCC[C@H]1c1ncccc1C. The first-order chi connectivity index (χ1) is 15.3. The Morgan fingerprint density at radius 1 is 0.903 bits per heavy atom. The normalized spacial score (nSPS) is 23.4. The van der Waals surface area contributed by atoms with Crippen molar-refractivity contribution in [2.45, 2.75) is 83.8 Å². The van der Waals surface area contributed by atoms with E-state index in [1.54, 1.807) is 0 Å². The summed E-state index contributed by atoms with van der Waals surface area (Å²) in [6, 6.07) is 13.8. The molecule has 1 saturated carbocycles. The van der Waals surface area contributed by atoms with Crippen molar-refractivity contribution < 1.29 is 0 Å². The Kier molecular flexibility index (Phi) is 6.08. The summed E-state index contributed by atoms with van der Waals surface area (Å²) in [4.78, 5) is 12.7. The summed E-state index contributed by atoms with van der Waals surface area (Å²) in [5.74, 6) is 2.07. The number of hydrogen-bond donors (Lipinski definition) is 0. The lowest BCUT2D eigenvalue weighted by atomic mass is 9.88. The van der Waals surface area contributed by atoms with Crippen molar-refractivity contribution >= 4 is 11.0 Å². The summed E-state index contributed by atoms with van der Waals surface area (Å²) >= 11 is 0. The largest absolute Gasteiger partial charge is 0.326 e. The van der Waals surface area contributed by atoms with Crippen LogP contribution in [0.2, 0.25) is 0 Å². The number of imidazole rings is 1. The summed E-state index contributed by atoms with van der Waals surface area (Å²) in [5.41, 5.74) is 5.03. The van der Waals surface area contributed by atoms with E-state index in [4.69, 9.17) is 9.97 Å². The smallest absolute Gasteiger partial charge is 0.127 e. The molecule has 0 radical (unpaired) electrons. The highest BCUT2D eigenvalue weighted by atomic mass is 15.2. The van der Waals surface area contributed by atoms with Crippen LogP contribution >= 0.6 is 0 Å². The van der Waals surface area contributed by atoms with Crippen molar-refractivity contribution in [2.24, 2.45) is 5.92 Å². The van der Waals surface area contributed by atoms with Gasteiger partial charge in [0.1, 0.15) is 5.82 Å². The number of hydrogen-bond acceptors (Lipinski definition) is 3. The van der Waals surface area contributed by atoms with Crippen molar-refractivity contribution in [1.29, 1.82) is 0 Å². The maximum Gasteiger partial charge on any atom is 0.127 e. The summed E-state index contributed by atoms with van der Waals surface area (Å²) in [6.45, 7) is 6.66. The van der Waals surface area contributed by atoms with Gasteiger partial charge in [0.05, 0.1) is 28.8 Å². The third-order valence-electron chi connectivity index (χ3n) is 7.63. The molecule has 2 fully saturated rings. The van der Waals surface area contributed by atoms with Crippen LogP contribution in [0.3, 0.4) is 0 Å². The zero-order chi connectivity index (χ0) is 21.2. The van der Waals surface area contributed by atoms with Crippen LogP contribution in [0.5, 0.6) is 0 Å². The van der Waals surface area contributed by atoms with E-state index in [0.717, 1.165) is 24.5 Å². The molecule has 0 bridgehead atoms. The Labute approximate surface area is 186 Å². The summed E-state index contributed by atoms with van der Waals surface area (Å²) in [7, 11) is 0. The molecule has 3 aromatic rings. The molecule has 2 atom stereocenters. The van der Waals surface area contributed by atoms with E-state index >= 15 is 0 Å². The van der Waals surface area contributed by atoms with Gasteiger partial charge in [0.25, 0.3) is 0 Å². The summed E-state index contributed by atoms with van der Waals surface area (Å²) in [6.07, 6.45) is 12.5. The molecule has 0 unspecified atom stereocenters. The number of piperidine rings is 1. The molecule has 0 spiro atoms. The van der Waals surface area contributed by atoms with Crippen molar-refractivity contribution in [3.8, 4) is 0 Å². The maximum absolute atomic E-state index is 5.25. The topological polar surface area (TPSA) is 34.0 Å². The first-order valence-corrected chi connectivity index (χ1v) is 12.4. The van der Waals surface area contributed by atoms with E-state index in [-0.39, 0.29) is 0 Å². The molecule has 1 aliphatic carbocycles. The van der Waals surface area contributed by atoms with Crippen molar-refractivity contribution in [2.75, 3.05) is 6.54 Å². The fraction of sp³-hybridized carbons (Fsp3) is 0.556. The zero-order valence-electron chi connectivity index (χ0n) is 19.1. The fourth-order valence-electron chi connectivity index (χ4n) is 6.08. The molecule has 4 heteroatoms. The molecule has 4 nitrogen and oxygen atoms in total. The number of fused-ring (bicyclic) bond motifs is 1. The number of aromatic nitrogens is 3. The van der Waals surface area contributed by atoms with Crippen molar-refractivity contribution in [1.82, 2.24) is 19.4 Å². The predicted octanol–water partition coefficient (Wildman–Crippen LogP) is 6.61. The van der Waals surface area contributed by atoms with Crippen LogP contribution in [0.25, 0.3) is 11.0 Å². The van der Waals surface area contributed by atoms with Gasteiger partial charge in [0.2, 0.25) is 0 Å². The van der Waals surface area contributed by atoms with Crippen molar-refractivity contribution in [3.63, 3.8) is 0 Å². The molecule has 0 N–H and O–H groups in total. The average molecular weight is 417 g/mol. The third-order valence-corrected chi connectivity index (χ3v) is 7.63. The second-order valence-electron chi connectivity index (χ2n) is 9.57. The first-order valence-electron chi connectivity index (χ1n) is 12.4. The van der Waals surface area contributed by atoms with Gasteiger partial charge in [0, 0.05) is 12.7 Å². The van der Waals surface area contributed by atoms with E-state index in [0.29, 0.717) is 12.1 Å². The number of aryl methyl sites for hydroxylation is 1. The molecule has 164 valence electrons. The van der Waals surface area contributed by atoms with Crippen LogP contribution in [0.1, 0.15) is 87.5 Å². The lowest BCUT2D eigenvalue weighted by molar-refractivity contribution is 0.0776. The molecule has 5 rings (SSSR count). The number of likely N-dealkylation sites (tertiary alicyclic amines) is 1. The third kappa shape index (κ3) is 4.03. The second-order valence-corrected chi connectivity index (χ2v) is 9.57. The van der Waals surface area contributed by atoms with Crippen LogP contribution in [0, 0.1) is 12.8 Å². The van der Waals surface area contributed by atoms with Gasteiger partial charge < -0.3 is 4.57 Å². The Hall–Kier alpha value is -2.20. The zero-order valence-corrected chi connectivity index (χ0v) is 19.1. The quantitative estimate of drug-likeness (QED) is 0.469. The Morgan fingerprint density at radius 2 is 1.71 bits per heavy atom. The molecule has 1 saturated heterocycles. The van der Waals surface area contributed by atoms with E-state index in [9.17, 15) is 0 Å². The van der Waals surface area contributed by atoms with Crippen LogP contribution in [0.4, 0.5) is 0 Å². The molecule has 3 heterocycles. The Bertz CT molecular complexity index is 1020. The number of nitrogens with zero attached hydrogens (tertiary/aromatic N) is 4. The summed E-state index contributed by atoms with van der Waals surface area (Å²) < 4.78 is 2.59. The summed E-state index contributed by atoms with van der Waals surface area (Å²) in [5, 5.41) is 0. The number of benzene rings is 1. The second kappa shape index (κ2) is 9.12. The number of para-hydroxylation sites is 2. The van der Waals surface area contributed by atoms with Gasteiger partial charge in [-0.3, -0.25) is 9.88 Å². The fourth-order valence-corrected chi connectivity index (χ4v) is 6.08. The highest BCUT2D eigenvalue weighted by Gasteiger charge is 2.36. The van der Waals surface area contributed by atoms with Crippen LogP contribution < -0.4 is 0 Å². The molecule has 31 heavy (non-hydrogen) atoms. The van der Waals surface area contributed by atoms with Gasteiger partial charge in [-0.1, -0.05) is 44.4 Å². The molecule has 1 aliphatic heterocycles. The molecule has 0 amide bonds. The highest BCUT2D eigenvalue weighted by molar-refractivity contribution is 5.76. The van der Waals surface area contributed by atoms with Gasteiger partial charge in [-0.05, 0) is 75.3 Å². The van der Waals surface area contributed by atoms with Crippen LogP contribution in [-0.4, -0.2) is 26.0 Å². The van der Waals surface area contributed by atoms with E-state index in [2.05, 4.69) is 59.7 Å². The molecule has 2 aliphatic rings. The standard InChI is InChI=1S/C27H36N4/c1-3-30-24(26-20(2)11-10-18-28-26)16-9-17-25(30)27-29-22-14-7-8-15-23(22)31(27)19-21-12-5-4-6-13-21/h7-8,10-11,14-15,18,21,24-25H,3-6,9,12-13,16-17,19H2,1-2H3/t24-,25+/m0/s1. The highest BCUT2D eigenvalue weighted by Crippen LogP contribution is 2.42. The van der Waals surface area contributed by atoms with E-state index in [1.165, 1.54) is 74.0 Å². The van der Waals surface area contributed by atoms with Crippen LogP contribution in [-0.2, 0) is 6.54 Å².